The van der Waals surface area contributed by atoms with Gasteiger partial charge < -0.3 is 0 Å². The lowest BCUT2D eigenvalue weighted by atomic mass is 10.1. The molecular weight excluding hydrogens is 314 g/mol. The van der Waals surface area contributed by atoms with Gasteiger partial charge in [0.1, 0.15) is 0 Å². The van der Waals surface area contributed by atoms with E-state index in [4.69, 9.17) is 11.6 Å². The highest BCUT2D eigenvalue weighted by atomic mass is 35.5. The van der Waals surface area contributed by atoms with E-state index in [2.05, 4.69) is 0 Å². The standard InChI is InChI=1S/C14H12ClNO4S/c1-10(21(19,20)12-5-3-2-4-6-12)13-8-7-11(16(17)18)9-14(13)15/h2-10H,1H3. The highest BCUT2D eigenvalue weighted by Crippen LogP contribution is 2.34. The third kappa shape index (κ3) is 3.06. The van der Waals surface area contributed by atoms with Gasteiger partial charge in [0.15, 0.2) is 9.84 Å². The zero-order valence-corrected chi connectivity index (χ0v) is 12.6. The van der Waals surface area contributed by atoms with Gasteiger partial charge in [0.05, 0.1) is 20.1 Å². The van der Waals surface area contributed by atoms with Gasteiger partial charge in [0.2, 0.25) is 0 Å². The first-order valence-corrected chi connectivity index (χ1v) is 7.99. The second-order valence-electron chi connectivity index (χ2n) is 4.46. The fourth-order valence-corrected chi connectivity index (χ4v) is 3.83. The lowest BCUT2D eigenvalue weighted by Crippen LogP contribution is -2.11. The van der Waals surface area contributed by atoms with Gasteiger partial charge in [-0.25, -0.2) is 8.42 Å². The topological polar surface area (TPSA) is 77.3 Å². The van der Waals surface area contributed by atoms with E-state index in [1.54, 1.807) is 18.2 Å². The summed E-state index contributed by atoms with van der Waals surface area (Å²) >= 11 is 5.99. The summed E-state index contributed by atoms with van der Waals surface area (Å²) in [4.78, 5) is 10.3. The molecule has 0 saturated carbocycles. The van der Waals surface area contributed by atoms with E-state index in [9.17, 15) is 18.5 Å². The van der Waals surface area contributed by atoms with Crippen molar-refractivity contribution >= 4 is 27.1 Å². The first-order chi connectivity index (χ1) is 9.84. The van der Waals surface area contributed by atoms with Crippen LogP contribution in [0.5, 0.6) is 0 Å². The van der Waals surface area contributed by atoms with Gasteiger partial charge in [-0.1, -0.05) is 29.8 Å². The first-order valence-electron chi connectivity index (χ1n) is 6.07. The van der Waals surface area contributed by atoms with Crippen molar-refractivity contribution in [2.24, 2.45) is 0 Å². The van der Waals surface area contributed by atoms with E-state index in [0.29, 0.717) is 5.56 Å². The molecule has 0 radical (unpaired) electrons. The average molecular weight is 326 g/mol. The van der Waals surface area contributed by atoms with Crippen LogP contribution in [-0.4, -0.2) is 13.3 Å². The van der Waals surface area contributed by atoms with Crippen LogP contribution in [0.3, 0.4) is 0 Å². The number of sulfone groups is 1. The third-order valence-corrected chi connectivity index (χ3v) is 5.61. The van der Waals surface area contributed by atoms with Crippen LogP contribution in [0, 0.1) is 10.1 Å². The summed E-state index contributed by atoms with van der Waals surface area (Å²) in [6, 6.07) is 11.8. The van der Waals surface area contributed by atoms with E-state index < -0.39 is 20.0 Å². The molecular formula is C14H12ClNO4S. The molecule has 5 nitrogen and oxygen atoms in total. The van der Waals surface area contributed by atoms with Gasteiger partial charge in [0, 0.05) is 12.1 Å². The zero-order chi connectivity index (χ0) is 15.6. The van der Waals surface area contributed by atoms with Crippen LogP contribution >= 0.6 is 11.6 Å². The molecule has 2 rings (SSSR count). The van der Waals surface area contributed by atoms with Gasteiger partial charge in [-0.05, 0) is 30.7 Å². The molecule has 0 spiro atoms. The van der Waals surface area contributed by atoms with Crippen LogP contribution in [0.25, 0.3) is 0 Å². The molecule has 0 bridgehead atoms. The highest BCUT2D eigenvalue weighted by Gasteiger charge is 2.27. The molecule has 0 aliphatic carbocycles. The molecule has 0 fully saturated rings. The summed E-state index contributed by atoms with van der Waals surface area (Å²) in [7, 11) is -3.60. The van der Waals surface area contributed by atoms with Crippen LogP contribution in [0.1, 0.15) is 17.7 Å². The SMILES string of the molecule is CC(c1ccc([N+](=O)[O-])cc1Cl)S(=O)(=O)c1ccccc1. The maximum absolute atomic E-state index is 12.5. The number of nitro benzene ring substituents is 1. The Labute approximate surface area is 127 Å². The van der Waals surface area contributed by atoms with Crippen molar-refractivity contribution in [1.82, 2.24) is 0 Å². The third-order valence-electron chi connectivity index (χ3n) is 3.17. The predicted octanol–water partition coefficient (Wildman–Crippen LogP) is 3.78. The Morgan fingerprint density at radius 1 is 1.14 bits per heavy atom. The molecule has 2 aromatic rings. The number of hydrogen-bond acceptors (Lipinski definition) is 4. The largest absolute Gasteiger partial charge is 0.270 e. The van der Waals surface area contributed by atoms with Gasteiger partial charge in [0.25, 0.3) is 5.69 Å². The van der Waals surface area contributed by atoms with Gasteiger partial charge in [-0.3, -0.25) is 10.1 Å². The lowest BCUT2D eigenvalue weighted by molar-refractivity contribution is -0.384. The molecule has 0 aliphatic rings. The Kier molecular flexibility index (Phi) is 4.29. The minimum Gasteiger partial charge on any atom is -0.258 e. The van der Waals surface area contributed by atoms with Gasteiger partial charge >= 0.3 is 0 Å². The number of benzene rings is 2. The van der Waals surface area contributed by atoms with Crippen molar-refractivity contribution < 1.29 is 13.3 Å². The molecule has 21 heavy (non-hydrogen) atoms. The lowest BCUT2D eigenvalue weighted by Gasteiger charge is -2.14. The summed E-state index contributed by atoms with van der Waals surface area (Å²) in [5.41, 5.74) is 0.166. The fraction of sp³-hybridized carbons (Fsp3) is 0.143. The van der Waals surface area contributed by atoms with Crippen LogP contribution in [0.15, 0.2) is 53.4 Å². The van der Waals surface area contributed by atoms with Gasteiger partial charge in [-0.2, -0.15) is 0 Å². The van der Waals surface area contributed by atoms with Crippen molar-refractivity contribution in [3.63, 3.8) is 0 Å². The molecule has 0 aromatic heterocycles. The number of non-ortho nitro benzene ring substituents is 1. The number of rotatable bonds is 4. The van der Waals surface area contributed by atoms with E-state index in [1.807, 2.05) is 0 Å². The molecule has 0 N–H and O–H groups in total. The van der Waals surface area contributed by atoms with Crippen molar-refractivity contribution in [2.45, 2.75) is 17.1 Å². The summed E-state index contributed by atoms with van der Waals surface area (Å²) in [5.74, 6) is 0. The molecule has 1 unspecified atom stereocenters. The molecule has 2 aromatic carbocycles. The van der Waals surface area contributed by atoms with Crippen molar-refractivity contribution in [3.8, 4) is 0 Å². The van der Waals surface area contributed by atoms with Crippen LogP contribution < -0.4 is 0 Å². The summed E-state index contributed by atoms with van der Waals surface area (Å²) in [6.07, 6.45) is 0. The molecule has 0 saturated heterocycles. The van der Waals surface area contributed by atoms with Crippen molar-refractivity contribution in [3.05, 3.63) is 69.2 Å². The first kappa shape index (κ1) is 15.5. The monoisotopic (exact) mass is 325 g/mol. The van der Waals surface area contributed by atoms with Gasteiger partial charge in [-0.15, -0.1) is 0 Å². The molecule has 1 atom stereocenters. The number of nitrogens with zero attached hydrogens (tertiary/aromatic N) is 1. The van der Waals surface area contributed by atoms with Crippen molar-refractivity contribution in [2.75, 3.05) is 0 Å². The Hall–Kier alpha value is -1.92. The number of halogens is 1. The van der Waals surface area contributed by atoms with E-state index in [-0.39, 0.29) is 15.6 Å². The molecule has 0 heterocycles. The smallest absolute Gasteiger partial charge is 0.258 e. The molecule has 7 heteroatoms. The molecule has 0 amide bonds. The number of nitro groups is 1. The Morgan fingerprint density at radius 2 is 1.76 bits per heavy atom. The summed E-state index contributed by atoms with van der Waals surface area (Å²) in [6.45, 7) is 1.51. The molecule has 0 aliphatic heterocycles. The Balaban J connectivity index is 2.45. The van der Waals surface area contributed by atoms with Crippen LogP contribution in [0.4, 0.5) is 5.69 Å². The highest BCUT2D eigenvalue weighted by molar-refractivity contribution is 7.91. The summed E-state index contributed by atoms with van der Waals surface area (Å²) in [5, 5.41) is 9.85. The Bertz CT molecular complexity index is 775. The van der Waals surface area contributed by atoms with E-state index >= 15 is 0 Å². The normalized spacial score (nSPS) is 12.9. The fourth-order valence-electron chi connectivity index (χ4n) is 1.94. The Morgan fingerprint density at radius 3 is 2.29 bits per heavy atom. The predicted molar refractivity (Wildman–Crippen MR) is 80.1 cm³/mol. The average Bonchev–Trinajstić information content (AvgIpc) is 2.47. The minimum absolute atomic E-state index is 0.0659. The van der Waals surface area contributed by atoms with E-state index in [0.717, 1.165) is 6.07 Å². The van der Waals surface area contributed by atoms with Crippen LogP contribution in [-0.2, 0) is 9.84 Å². The van der Waals surface area contributed by atoms with Crippen molar-refractivity contribution in [1.29, 1.82) is 0 Å². The second kappa shape index (κ2) is 5.83. The maximum atomic E-state index is 12.5. The summed E-state index contributed by atoms with van der Waals surface area (Å²) < 4.78 is 25.0. The maximum Gasteiger partial charge on any atom is 0.270 e. The molecule has 110 valence electrons. The van der Waals surface area contributed by atoms with E-state index in [1.165, 1.54) is 31.2 Å². The number of hydrogen-bond donors (Lipinski definition) is 0. The second-order valence-corrected chi connectivity index (χ2v) is 7.14. The van der Waals surface area contributed by atoms with Crippen LogP contribution in [0.2, 0.25) is 5.02 Å². The quantitative estimate of drug-likeness (QED) is 0.633. The minimum atomic E-state index is -3.60. The zero-order valence-electron chi connectivity index (χ0n) is 11.1.